The van der Waals surface area contributed by atoms with Crippen LogP contribution < -0.4 is 10.5 Å². The zero-order valence-electron chi connectivity index (χ0n) is 10.5. The van der Waals surface area contributed by atoms with Gasteiger partial charge in [0.2, 0.25) is 0 Å². The molecule has 0 aliphatic rings. The molecule has 8 heteroatoms. The number of anilines is 1. The van der Waals surface area contributed by atoms with E-state index >= 15 is 0 Å². The van der Waals surface area contributed by atoms with Crippen LogP contribution in [0, 0.1) is 0 Å². The van der Waals surface area contributed by atoms with Gasteiger partial charge in [0, 0.05) is 15.6 Å². The van der Waals surface area contributed by atoms with Crippen molar-refractivity contribution in [1.82, 2.24) is 0 Å². The topological polar surface area (TPSA) is 72.2 Å². The normalized spacial score (nSPS) is 11.1. The van der Waals surface area contributed by atoms with Gasteiger partial charge in [-0.2, -0.15) is 0 Å². The minimum Gasteiger partial charge on any atom is -0.389 e. The number of thiocarbonyl (C=S) groups is 1. The van der Waals surface area contributed by atoms with Gasteiger partial charge in [0.1, 0.15) is 4.99 Å². The van der Waals surface area contributed by atoms with Gasteiger partial charge in [-0.3, -0.25) is 4.72 Å². The number of halogens is 2. The molecule has 0 amide bonds. The fourth-order valence-corrected chi connectivity index (χ4v) is 3.66. The van der Waals surface area contributed by atoms with E-state index in [1.807, 2.05) is 0 Å². The standard InChI is InChI=1S/C13H10Cl2N2O2S2/c14-8-5-9(15)7-10(6-8)21(18,19)17-12-4-2-1-3-11(12)13(16)20/h1-7,17H,(H2,16,20). The number of rotatable bonds is 4. The molecule has 21 heavy (non-hydrogen) atoms. The molecule has 0 unspecified atom stereocenters. The highest BCUT2D eigenvalue weighted by Crippen LogP contribution is 2.25. The molecule has 110 valence electrons. The maximum Gasteiger partial charge on any atom is 0.262 e. The van der Waals surface area contributed by atoms with E-state index in [4.69, 9.17) is 41.2 Å². The Balaban J connectivity index is 2.45. The monoisotopic (exact) mass is 360 g/mol. The third-order valence-electron chi connectivity index (χ3n) is 2.58. The third-order valence-corrected chi connectivity index (χ3v) is 4.58. The largest absolute Gasteiger partial charge is 0.389 e. The number of hydrogen-bond donors (Lipinski definition) is 2. The number of nitrogens with two attached hydrogens (primary N) is 1. The minimum absolute atomic E-state index is 0.0438. The summed E-state index contributed by atoms with van der Waals surface area (Å²) in [6.07, 6.45) is 0. The van der Waals surface area contributed by atoms with Gasteiger partial charge in [-0.1, -0.05) is 47.6 Å². The lowest BCUT2D eigenvalue weighted by Gasteiger charge is -2.12. The highest BCUT2D eigenvalue weighted by atomic mass is 35.5. The number of nitrogens with one attached hydrogen (secondary N) is 1. The van der Waals surface area contributed by atoms with E-state index < -0.39 is 10.0 Å². The van der Waals surface area contributed by atoms with E-state index in [9.17, 15) is 8.42 Å². The molecule has 0 bridgehead atoms. The summed E-state index contributed by atoms with van der Waals surface area (Å²) in [7, 11) is -3.85. The van der Waals surface area contributed by atoms with E-state index in [2.05, 4.69) is 4.72 Å². The third kappa shape index (κ3) is 3.85. The molecule has 0 saturated carbocycles. The smallest absolute Gasteiger partial charge is 0.262 e. The Morgan fingerprint density at radius 1 is 1.10 bits per heavy atom. The van der Waals surface area contributed by atoms with Crippen LogP contribution in [0.5, 0.6) is 0 Å². The lowest BCUT2D eigenvalue weighted by Crippen LogP contribution is -2.18. The first-order valence-corrected chi connectivity index (χ1v) is 8.32. The van der Waals surface area contributed by atoms with Crippen molar-refractivity contribution in [3.63, 3.8) is 0 Å². The number of hydrogen-bond acceptors (Lipinski definition) is 3. The molecule has 0 spiro atoms. The maximum atomic E-state index is 12.4. The summed E-state index contributed by atoms with van der Waals surface area (Å²) in [5, 5.41) is 0.455. The van der Waals surface area contributed by atoms with Crippen molar-refractivity contribution in [2.45, 2.75) is 4.90 Å². The van der Waals surface area contributed by atoms with Crippen molar-refractivity contribution in [2.75, 3.05) is 4.72 Å². The summed E-state index contributed by atoms with van der Waals surface area (Å²) in [5.41, 5.74) is 6.30. The second kappa shape index (κ2) is 6.19. The van der Waals surface area contributed by atoms with Gasteiger partial charge in [-0.15, -0.1) is 0 Å². The quantitative estimate of drug-likeness (QED) is 0.819. The zero-order valence-corrected chi connectivity index (χ0v) is 13.7. The molecule has 0 heterocycles. The first kappa shape index (κ1) is 16.0. The molecular weight excluding hydrogens is 351 g/mol. The van der Waals surface area contributed by atoms with Crippen LogP contribution in [0.2, 0.25) is 10.0 Å². The van der Waals surface area contributed by atoms with E-state index in [0.717, 1.165) is 0 Å². The SMILES string of the molecule is NC(=S)c1ccccc1NS(=O)(=O)c1cc(Cl)cc(Cl)c1. The van der Waals surface area contributed by atoms with Gasteiger partial charge >= 0.3 is 0 Å². The number of benzene rings is 2. The van der Waals surface area contributed by atoms with Crippen LogP contribution in [0.3, 0.4) is 0 Å². The molecule has 2 aromatic carbocycles. The van der Waals surface area contributed by atoms with E-state index in [1.54, 1.807) is 24.3 Å². The number of sulfonamides is 1. The van der Waals surface area contributed by atoms with E-state index in [-0.39, 0.29) is 19.9 Å². The van der Waals surface area contributed by atoms with Crippen LogP contribution in [0.15, 0.2) is 47.4 Å². The first-order valence-electron chi connectivity index (χ1n) is 5.67. The van der Waals surface area contributed by atoms with E-state index in [1.165, 1.54) is 18.2 Å². The summed E-state index contributed by atoms with van der Waals surface area (Å²) < 4.78 is 27.2. The van der Waals surface area contributed by atoms with E-state index in [0.29, 0.717) is 11.3 Å². The zero-order chi connectivity index (χ0) is 15.6. The molecule has 3 N–H and O–H groups in total. The fourth-order valence-electron chi connectivity index (χ4n) is 1.67. The van der Waals surface area contributed by atoms with Crippen LogP contribution in [0.25, 0.3) is 0 Å². The number of para-hydroxylation sites is 1. The highest BCUT2D eigenvalue weighted by Gasteiger charge is 2.17. The van der Waals surface area contributed by atoms with Gasteiger partial charge < -0.3 is 5.73 Å². The molecule has 2 rings (SSSR count). The summed E-state index contributed by atoms with van der Waals surface area (Å²) >= 11 is 16.5. The van der Waals surface area contributed by atoms with Gasteiger partial charge in [0.05, 0.1) is 10.6 Å². The Morgan fingerprint density at radius 3 is 2.24 bits per heavy atom. The van der Waals surface area contributed by atoms with Crippen molar-refractivity contribution in [1.29, 1.82) is 0 Å². The Kier molecular flexibility index (Phi) is 4.73. The lowest BCUT2D eigenvalue weighted by molar-refractivity contribution is 0.601. The van der Waals surface area contributed by atoms with Crippen molar-refractivity contribution in [3.8, 4) is 0 Å². The summed E-state index contributed by atoms with van der Waals surface area (Å²) in [6.45, 7) is 0. The van der Waals surface area contributed by atoms with Crippen LogP contribution in [-0.2, 0) is 10.0 Å². The second-order valence-electron chi connectivity index (χ2n) is 4.12. The molecule has 0 aromatic heterocycles. The Morgan fingerprint density at radius 2 is 1.67 bits per heavy atom. The summed E-state index contributed by atoms with van der Waals surface area (Å²) in [4.78, 5) is 0.0511. The highest BCUT2D eigenvalue weighted by molar-refractivity contribution is 7.92. The summed E-state index contributed by atoms with van der Waals surface area (Å²) in [6, 6.07) is 10.6. The molecule has 0 aliphatic carbocycles. The Hall–Kier alpha value is -1.34. The fraction of sp³-hybridized carbons (Fsp3) is 0. The molecule has 0 fully saturated rings. The molecule has 0 atom stereocenters. The van der Waals surface area contributed by atoms with Gasteiger partial charge in [0.25, 0.3) is 10.0 Å². The second-order valence-corrected chi connectivity index (χ2v) is 7.12. The molecule has 2 aromatic rings. The van der Waals surface area contributed by atoms with Crippen molar-refractivity contribution < 1.29 is 8.42 Å². The molecule has 0 saturated heterocycles. The van der Waals surface area contributed by atoms with Gasteiger partial charge in [-0.05, 0) is 30.3 Å². The molecule has 0 aliphatic heterocycles. The first-order chi connectivity index (χ1) is 9.79. The van der Waals surface area contributed by atoms with Crippen LogP contribution in [0.1, 0.15) is 5.56 Å². The molecular formula is C13H10Cl2N2O2S2. The minimum atomic E-state index is -3.85. The maximum absolute atomic E-state index is 12.4. The molecule has 4 nitrogen and oxygen atoms in total. The van der Waals surface area contributed by atoms with Gasteiger partial charge in [-0.25, -0.2) is 8.42 Å². The Labute approximate surface area is 137 Å². The predicted octanol–water partition coefficient (Wildman–Crippen LogP) is 3.43. The average molecular weight is 361 g/mol. The van der Waals surface area contributed by atoms with Crippen LogP contribution in [0.4, 0.5) is 5.69 Å². The summed E-state index contributed by atoms with van der Waals surface area (Å²) in [5.74, 6) is 0. The molecule has 0 radical (unpaired) electrons. The van der Waals surface area contributed by atoms with Crippen LogP contribution in [-0.4, -0.2) is 13.4 Å². The van der Waals surface area contributed by atoms with Gasteiger partial charge in [0.15, 0.2) is 0 Å². The van der Waals surface area contributed by atoms with Crippen molar-refractivity contribution in [3.05, 3.63) is 58.1 Å². The Bertz CT molecular complexity index is 787. The van der Waals surface area contributed by atoms with Crippen LogP contribution >= 0.6 is 35.4 Å². The average Bonchev–Trinajstić information content (AvgIpc) is 2.37. The van der Waals surface area contributed by atoms with Crippen molar-refractivity contribution >= 4 is 56.1 Å². The lowest BCUT2D eigenvalue weighted by atomic mass is 10.2. The van der Waals surface area contributed by atoms with Crippen molar-refractivity contribution in [2.24, 2.45) is 5.73 Å². The predicted molar refractivity (Wildman–Crippen MR) is 89.6 cm³/mol.